The second-order valence-corrected chi connectivity index (χ2v) is 3.07. The van der Waals surface area contributed by atoms with Crippen molar-refractivity contribution < 1.29 is 13.6 Å². The van der Waals surface area contributed by atoms with E-state index in [1.807, 2.05) is 0 Å². The molecule has 0 unspecified atom stereocenters. The Bertz CT molecular complexity index is 413. The summed E-state index contributed by atoms with van der Waals surface area (Å²) >= 11 is 0. The van der Waals surface area contributed by atoms with Gasteiger partial charge < -0.3 is 5.32 Å². The molecule has 0 saturated heterocycles. The van der Waals surface area contributed by atoms with Gasteiger partial charge in [0.2, 0.25) is 5.91 Å². The van der Waals surface area contributed by atoms with E-state index in [1.54, 1.807) is 6.92 Å². The molecule has 0 fully saturated rings. The molecule has 0 saturated carbocycles. The van der Waals surface area contributed by atoms with E-state index in [1.165, 1.54) is 19.1 Å². The minimum Gasteiger partial charge on any atom is -0.320 e. The van der Waals surface area contributed by atoms with Gasteiger partial charge in [0.05, 0.1) is 5.69 Å². The molecule has 0 spiro atoms. The number of amides is 1. The highest BCUT2D eigenvalue weighted by atomic mass is 19.1. The van der Waals surface area contributed by atoms with Gasteiger partial charge in [-0.3, -0.25) is 4.79 Å². The van der Waals surface area contributed by atoms with Gasteiger partial charge in [0.15, 0.2) is 0 Å². The molecule has 1 aromatic rings. The van der Waals surface area contributed by atoms with E-state index >= 15 is 0 Å². The van der Waals surface area contributed by atoms with Crippen LogP contribution in [-0.4, -0.2) is 5.91 Å². The number of aryl methyl sites for hydroxylation is 1. The van der Waals surface area contributed by atoms with Crippen molar-refractivity contribution in [2.45, 2.75) is 13.8 Å². The lowest BCUT2D eigenvalue weighted by molar-refractivity contribution is -0.111. The third kappa shape index (κ3) is 2.87. The maximum Gasteiger partial charge on any atom is 0.248 e. The number of halogens is 2. The first-order valence-electron chi connectivity index (χ1n) is 4.44. The Hall–Kier alpha value is -1.71. The molecule has 0 aliphatic carbocycles. The molecule has 1 N–H and O–H groups in total. The van der Waals surface area contributed by atoms with Gasteiger partial charge in [0.25, 0.3) is 0 Å². The number of carbonyl (C=O) groups excluding carboxylic acids is 1. The summed E-state index contributed by atoms with van der Waals surface area (Å²) < 4.78 is 26.3. The molecule has 80 valence electrons. The minimum absolute atomic E-state index is 0.152. The van der Waals surface area contributed by atoms with Gasteiger partial charge in [-0.1, -0.05) is 6.08 Å². The highest BCUT2D eigenvalue weighted by Gasteiger charge is 2.08. The van der Waals surface area contributed by atoms with E-state index in [-0.39, 0.29) is 11.3 Å². The first kappa shape index (κ1) is 11.4. The molecular formula is C11H11F2NO. The number of hydrogen-bond acceptors (Lipinski definition) is 1. The smallest absolute Gasteiger partial charge is 0.248 e. The molecule has 1 amide bonds. The van der Waals surface area contributed by atoms with Gasteiger partial charge in [0, 0.05) is 6.07 Å². The number of rotatable bonds is 2. The fraction of sp³-hybridized carbons (Fsp3) is 0.182. The molecule has 0 bridgehead atoms. The van der Waals surface area contributed by atoms with Crippen LogP contribution in [0.15, 0.2) is 24.3 Å². The molecule has 1 aromatic carbocycles. The number of allylic oxidation sites excluding steroid dienone is 1. The van der Waals surface area contributed by atoms with Crippen LogP contribution in [-0.2, 0) is 4.79 Å². The SMILES string of the molecule is C/C=C/C(=O)Nc1cc(F)c(C)cc1F. The van der Waals surface area contributed by atoms with Crippen LogP contribution < -0.4 is 5.32 Å². The zero-order valence-electron chi connectivity index (χ0n) is 8.47. The van der Waals surface area contributed by atoms with Gasteiger partial charge >= 0.3 is 0 Å². The van der Waals surface area contributed by atoms with Crippen molar-refractivity contribution in [1.82, 2.24) is 0 Å². The Kier molecular flexibility index (Phi) is 3.55. The molecule has 0 radical (unpaired) electrons. The van der Waals surface area contributed by atoms with Crippen molar-refractivity contribution >= 4 is 11.6 Å². The second-order valence-electron chi connectivity index (χ2n) is 3.07. The maximum absolute atomic E-state index is 13.2. The Morgan fingerprint density at radius 2 is 2.00 bits per heavy atom. The van der Waals surface area contributed by atoms with Crippen molar-refractivity contribution in [3.63, 3.8) is 0 Å². The molecular weight excluding hydrogens is 200 g/mol. The summed E-state index contributed by atoms with van der Waals surface area (Å²) in [5.74, 6) is -1.68. The second kappa shape index (κ2) is 4.68. The van der Waals surface area contributed by atoms with Crippen molar-refractivity contribution in [1.29, 1.82) is 0 Å². The summed E-state index contributed by atoms with van der Waals surface area (Å²) in [7, 11) is 0. The lowest BCUT2D eigenvalue weighted by Crippen LogP contribution is -2.09. The summed E-state index contributed by atoms with van der Waals surface area (Å²) in [5.41, 5.74) is 0.0535. The number of nitrogens with one attached hydrogen (secondary N) is 1. The molecule has 0 aliphatic rings. The fourth-order valence-electron chi connectivity index (χ4n) is 1.07. The van der Waals surface area contributed by atoms with Crippen LogP contribution in [0.2, 0.25) is 0 Å². The van der Waals surface area contributed by atoms with Gasteiger partial charge in [-0.25, -0.2) is 8.78 Å². The lowest BCUT2D eigenvalue weighted by Gasteiger charge is -2.05. The number of anilines is 1. The van der Waals surface area contributed by atoms with E-state index in [0.29, 0.717) is 0 Å². The van der Waals surface area contributed by atoms with Crippen molar-refractivity contribution in [3.8, 4) is 0 Å². The van der Waals surface area contributed by atoms with E-state index in [2.05, 4.69) is 5.32 Å². The van der Waals surface area contributed by atoms with E-state index in [4.69, 9.17) is 0 Å². The maximum atomic E-state index is 13.2. The number of benzene rings is 1. The summed E-state index contributed by atoms with van der Waals surface area (Å²) in [5, 5.41) is 2.24. The number of carbonyl (C=O) groups is 1. The highest BCUT2D eigenvalue weighted by Crippen LogP contribution is 2.18. The molecule has 0 atom stereocenters. The molecule has 0 aliphatic heterocycles. The zero-order chi connectivity index (χ0) is 11.4. The topological polar surface area (TPSA) is 29.1 Å². The fourth-order valence-corrected chi connectivity index (χ4v) is 1.07. The van der Waals surface area contributed by atoms with Crippen LogP contribution in [0, 0.1) is 18.6 Å². The molecule has 4 heteroatoms. The first-order chi connectivity index (χ1) is 7.04. The number of hydrogen-bond donors (Lipinski definition) is 1. The van der Waals surface area contributed by atoms with Crippen molar-refractivity contribution in [3.05, 3.63) is 41.5 Å². The Labute approximate surface area is 86.6 Å². The molecule has 15 heavy (non-hydrogen) atoms. The Balaban J connectivity index is 2.95. The predicted octanol–water partition coefficient (Wildman–Crippen LogP) is 2.79. The third-order valence-corrected chi connectivity index (χ3v) is 1.82. The summed E-state index contributed by atoms with van der Waals surface area (Å²) in [6.45, 7) is 3.11. The van der Waals surface area contributed by atoms with Crippen molar-refractivity contribution in [2.24, 2.45) is 0 Å². The zero-order valence-corrected chi connectivity index (χ0v) is 8.47. The summed E-state index contributed by atoms with van der Waals surface area (Å²) in [6.07, 6.45) is 2.75. The largest absolute Gasteiger partial charge is 0.320 e. The predicted molar refractivity (Wildman–Crippen MR) is 54.5 cm³/mol. The van der Waals surface area contributed by atoms with Crippen LogP contribution in [0.5, 0.6) is 0 Å². The van der Waals surface area contributed by atoms with Gasteiger partial charge in [-0.15, -0.1) is 0 Å². The minimum atomic E-state index is -0.647. The van der Waals surface area contributed by atoms with E-state index in [9.17, 15) is 13.6 Å². The quantitative estimate of drug-likeness (QED) is 0.749. The van der Waals surface area contributed by atoms with Crippen LogP contribution in [0.25, 0.3) is 0 Å². The first-order valence-corrected chi connectivity index (χ1v) is 4.44. The summed E-state index contributed by atoms with van der Waals surface area (Å²) in [4.78, 5) is 11.1. The van der Waals surface area contributed by atoms with Gasteiger partial charge in [-0.05, 0) is 31.6 Å². The lowest BCUT2D eigenvalue weighted by atomic mass is 10.2. The summed E-state index contributed by atoms with van der Waals surface area (Å²) in [6, 6.07) is 2.01. The molecule has 1 rings (SSSR count). The average Bonchev–Trinajstić information content (AvgIpc) is 2.14. The van der Waals surface area contributed by atoms with Crippen LogP contribution in [0.3, 0.4) is 0 Å². The Morgan fingerprint density at radius 3 is 2.60 bits per heavy atom. The molecule has 2 nitrogen and oxygen atoms in total. The monoisotopic (exact) mass is 211 g/mol. The van der Waals surface area contributed by atoms with E-state index in [0.717, 1.165) is 12.1 Å². The van der Waals surface area contributed by atoms with Crippen molar-refractivity contribution in [2.75, 3.05) is 5.32 Å². The highest BCUT2D eigenvalue weighted by molar-refractivity contribution is 5.99. The Morgan fingerprint density at radius 1 is 1.33 bits per heavy atom. The van der Waals surface area contributed by atoms with Gasteiger partial charge in [0.1, 0.15) is 11.6 Å². The van der Waals surface area contributed by atoms with Crippen LogP contribution in [0.1, 0.15) is 12.5 Å². The normalized spacial score (nSPS) is 10.7. The molecule has 0 heterocycles. The van der Waals surface area contributed by atoms with Gasteiger partial charge in [-0.2, -0.15) is 0 Å². The van der Waals surface area contributed by atoms with Crippen LogP contribution in [0.4, 0.5) is 14.5 Å². The van der Waals surface area contributed by atoms with E-state index < -0.39 is 17.5 Å². The molecule has 0 aromatic heterocycles. The third-order valence-electron chi connectivity index (χ3n) is 1.82. The standard InChI is InChI=1S/C11H11F2NO/c1-3-4-11(15)14-10-6-8(12)7(2)5-9(10)13/h3-6H,1-2H3,(H,14,15)/b4-3+. The van der Waals surface area contributed by atoms with Crippen LogP contribution >= 0.6 is 0 Å². The average molecular weight is 211 g/mol.